The number of rotatable bonds is 5. The lowest BCUT2D eigenvalue weighted by atomic mass is 9.86. The topological polar surface area (TPSA) is 52.3 Å². The van der Waals surface area contributed by atoms with Crippen molar-refractivity contribution in [3.05, 3.63) is 35.9 Å². The maximum absolute atomic E-state index is 11.8. The first kappa shape index (κ1) is 15.9. The Bertz CT molecular complexity index is 343. The normalized spacial score (nSPS) is 13.4. The van der Waals surface area contributed by atoms with Crippen molar-refractivity contribution < 1.29 is 9.53 Å². The Balaban J connectivity index is 0.00000256. The van der Waals surface area contributed by atoms with Crippen LogP contribution in [0.1, 0.15) is 31.7 Å². The quantitative estimate of drug-likeness (QED) is 0.825. The van der Waals surface area contributed by atoms with E-state index >= 15 is 0 Å². The van der Waals surface area contributed by atoms with Crippen LogP contribution in [0.15, 0.2) is 30.3 Å². The summed E-state index contributed by atoms with van der Waals surface area (Å²) >= 11 is 0. The molecule has 17 heavy (non-hydrogen) atoms. The summed E-state index contributed by atoms with van der Waals surface area (Å²) in [5.74, 6) is -0.368. The molecule has 0 aromatic heterocycles. The molecule has 0 spiro atoms. The van der Waals surface area contributed by atoms with Gasteiger partial charge in [-0.05, 0) is 12.0 Å². The molecule has 2 N–H and O–H groups in total. The summed E-state index contributed by atoms with van der Waals surface area (Å²) in [7, 11) is 1.37. The number of hydrogen-bond acceptors (Lipinski definition) is 3. The number of esters is 1. The van der Waals surface area contributed by atoms with Gasteiger partial charge in [0, 0.05) is 0 Å². The maximum atomic E-state index is 11.8. The van der Waals surface area contributed by atoms with Crippen molar-refractivity contribution in [2.75, 3.05) is 7.11 Å². The second-order valence-corrected chi connectivity index (χ2v) is 3.93. The smallest absolute Gasteiger partial charge is 0.330 e. The zero-order chi connectivity index (χ0) is 12.0. The number of nitrogens with two attached hydrogens (primary N) is 1. The van der Waals surface area contributed by atoms with Crippen LogP contribution in [0.4, 0.5) is 0 Å². The SMILES string of the molecule is CCCC[C@@](N)(C(=O)OC)c1ccccc1.Cl. The molecule has 1 rings (SSSR count). The van der Waals surface area contributed by atoms with Gasteiger partial charge in [0.25, 0.3) is 0 Å². The molecule has 1 aromatic carbocycles. The van der Waals surface area contributed by atoms with E-state index in [1.807, 2.05) is 30.3 Å². The van der Waals surface area contributed by atoms with Crippen molar-refractivity contribution >= 4 is 18.4 Å². The van der Waals surface area contributed by atoms with E-state index in [-0.39, 0.29) is 18.4 Å². The molecule has 1 aromatic rings. The van der Waals surface area contributed by atoms with Crippen molar-refractivity contribution in [3.8, 4) is 0 Å². The number of benzene rings is 1. The maximum Gasteiger partial charge on any atom is 0.330 e. The lowest BCUT2D eigenvalue weighted by molar-refractivity contribution is -0.147. The first-order valence-corrected chi connectivity index (χ1v) is 5.58. The molecule has 0 fully saturated rings. The summed E-state index contributed by atoms with van der Waals surface area (Å²) in [6.07, 6.45) is 2.52. The number of ether oxygens (including phenoxy) is 1. The predicted octanol–water partition coefficient (Wildman–Crippen LogP) is 2.63. The fourth-order valence-corrected chi connectivity index (χ4v) is 1.74. The molecule has 3 nitrogen and oxygen atoms in total. The Morgan fingerprint density at radius 1 is 1.35 bits per heavy atom. The summed E-state index contributed by atoms with van der Waals surface area (Å²) in [6, 6.07) is 9.40. The summed E-state index contributed by atoms with van der Waals surface area (Å²) < 4.78 is 4.80. The molecule has 4 heteroatoms. The summed E-state index contributed by atoms with van der Waals surface area (Å²) in [4.78, 5) is 11.8. The molecule has 0 aliphatic rings. The fourth-order valence-electron chi connectivity index (χ4n) is 1.74. The minimum Gasteiger partial charge on any atom is -0.467 e. The Labute approximate surface area is 109 Å². The molecule has 1 atom stereocenters. The predicted molar refractivity (Wildman–Crippen MR) is 71.1 cm³/mol. The summed E-state index contributed by atoms with van der Waals surface area (Å²) in [6.45, 7) is 2.07. The molecule has 0 saturated carbocycles. The number of halogens is 1. The lowest BCUT2D eigenvalue weighted by Crippen LogP contribution is -2.45. The molecule has 0 heterocycles. The minimum absolute atomic E-state index is 0. The van der Waals surface area contributed by atoms with Gasteiger partial charge in [-0.25, -0.2) is 4.79 Å². The number of carbonyl (C=O) groups excluding carboxylic acids is 1. The van der Waals surface area contributed by atoms with Crippen LogP contribution in [0.3, 0.4) is 0 Å². The van der Waals surface area contributed by atoms with E-state index in [1.54, 1.807) is 0 Å². The van der Waals surface area contributed by atoms with E-state index in [4.69, 9.17) is 10.5 Å². The van der Waals surface area contributed by atoms with Crippen LogP contribution in [0.25, 0.3) is 0 Å². The molecule has 0 aliphatic carbocycles. The van der Waals surface area contributed by atoms with E-state index in [1.165, 1.54) is 7.11 Å². The second kappa shape index (κ2) is 7.30. The standard InChI is InChI=1S/C13H19NO2.ClH/c1-3-4-10-13(14,12(15)16-2)11-8-6-5-7-9-11;/h5-9H,3-4,10,14H2,1-2H3;1H/t13-;/m0./s1. The van der Waals surface area contributed by atoms with Crippen molar-refractivity contribution in [1.82, 2.24) is 0 Å². The molecule has 96 valence electrons. The Morgan fingerprint density at radius 3 is 2.41 bits per heavy atom. The molecule has 0 bridgehead atoms. The third kappa shape index (κ3) is 3.72. The van der Waals surface area contributed by atoms with Gasteiger partial charge < -0.3 is 10.5 Å². The van der Waals surface area contributed by atoms with Crippen LogP contribution in [0, 0.1) is 0 Å². The van der Waals surface area contributed by atoms with Crippen LogP contribution in [-0.2, 0) is 15.1 Å². The largest absolute Gasteiger partial charge is 0.467 e. The Kier molecular flexibility index (Phi) is 6.85. The fraction of sp³-hybridized carbons (Fsp3) is 0.462. The van der Waals surface area contributed by atoms with Gasteiger partial charge in [-0.1, -0.05) is 50.1 Å². The van der Waals surface area contributed by atoms with Crippen molar-refractivity contribution in [1.29, 1.82) is 0 Å². The highest BCUT2D eigenvalue weighted by Gasteiger charge is 2.36. The zero-order valence-corrected chi connectivity index (χ0v) is 11.1. The van der Waals surface area contributed by atoms with Gasteiger partial charge in [-0.2, -0.15) is 0 Å². The van der Waals surface area contributed by atoms with Gasteiger partial charge in [0.05, 0.1) is 7.11 Å². The number of methoxy groups -OCH3 is 1. The highest BCUT2D eigenvalue weighted by Crippen LogP contribution is 2.25. The summed E-state index contributed by atoms with van der Waals surface area (Å²) in [5, 5.41) is 0. The van der Waals surface area contributed by atoms with Crippen LogP contribution in [0.5, 0.6) is 0 Å². The number of carbonyl (C=O) groups is 1. The van der Waals surface area contributed by atoms with Gasteiger partial charge in [-0.15, -0.1) is 12.4 Å². The van der Waals surface area contributed by atoms with Crippen LogP contribution >= 0.6 is 12.4 Å². The first-order valence-electron chi connectivity index (χ1n) is 5.58. The monoisotopic (exact) mass is 257 g/mol. The van der Waals surface area contributed by atoms with Crippen molar-refractivity contribution in [2.45, 2.75) is 31.7 Å². The van der Waals surface area contributed by atoms with Crippen LogP contribution < -0.4 is 5.73 Å². The van der Waals surface area contributed by atoms with Gasteiger partial charge in [0.1, 0.15) is 5.54 Å². The van der Waals surface area contributed by atoms with E-state index in [9.17, 15) is 4.79 Å². The third-order valence-corrected chi connectivity index (χ3v) is 2.76. The van der Waals surface area contributed by atoms with E-state index < -0.39 is 5.54 Å². The molecule has 0 aliphatic heterocycles. The average Bonchev–Trinajstić information content (AvgIpc) is 2.36. The van der Waals surface area contributed by atoms with E-state index in [0.29, 0.717) is 6.42 Å². The van der Waals surface area contributed by atoms with Gasteiger partial charge >= 0.3 is 5.97 Å². The van der Waals surface area contributed by atoms with Crippen LogP contribution in [0.2, 0.25) is 0 Å². The third-order valence-electron chi connectivity index (χ3n) is 2.76. The highest BCUT2D eigenvalue weighted by molar-refractivity contribution is 5.85. The first-order chi connectivity index (χ1) is 7.65. The lowest BCUT2D eigenvalue weighted by Gasteiger charge is -2.26. The van der Waals surface area contributed by atoms with Crippen molar-refractivity contribution in [2.24, 2.45) is 5.73 Å². The molecule has 0 saturated heterocycles. The van der Waals surface area contributed by atoms with Gasteiger partial charge in [0.2, 0.25) is 0 Å². The van der Waals surface area contributed by atoms with Gasteiger partial charge in [-0.3, -0.25) is 0 Å². The summed E-state index contributed by atoms with van der Waals surface area (Å²) in [5.41, 5.74) is 5.99. The Morgan fingerprint density at radius 2 is 1.94 bits per heavy atom. The number of unbranched alkanes of at least 4 members (excludes halogenated alkanes) is 1. The molecular formula is C13H20ClNO2. The number of hydrogen-bond donors (Lipinski definition) is 1. The molecule has 0 amide bonds. The molecule has 0 unspecified atom stereocenters. The molecular weight excluding hydrogens is 238 g/mol. The average molecular weight is 258 g/mol. The Hall–Kier alpha value is -1.06. The van der Waals surface area contributed by atoms with Gasteiger partial charge in [0.15, 0.2) is 0 Å². The van der Waals surface area contributed by atoms with Crippen molar-refractivity contribution in [3.63, 3.8) is 0 Å². The molecule has 0 radical (unpaired) electrons. The minimum atomic E-state index is -1.01. The van der Waals surface area contributed by atoms with E-state index in [0.717, 1.165) is 18.4 Å². The second-order valence-electron chi connectivity index (χ2n) is 3.93. The zero-order valence-electron chi connectivity index (χ0n) is 10.3. The van der Waals surface area contributed by atoms with Crippen LogP contribution in [-0.4, -0.2) is 13.1 Å². The van der Waals surface area contributed by atoms with E-state index in [2.05, 4.69) is 6.92 Å². The highest BCUT2D eigenvalue weighted by atomic mass is 35.5.